The van der Waals surface area contributed by atoms with Gasteiger partial charge in [-0.25, -0.2) is 17.9 Å². The second-order valence-electron chi connectivity index (χ2n) is 5.14. The van der Waals surface area contributed by atoms with Crippen LogP contribution in [0.5, 0.6) is 5.75 Å². The zero-order valence-electron chi connectivity index (χ0n) is 11.8. The van der Waals surface area contributed by atoms with Gasteiger partial charge in [-0.05, 0) is 31.5 Å². The molecule has 8 heteroatoms. The maximum absolute atomic E-state index is 12.5. The van der Waals surface area contributed by atoms with Crippen LogP contribution in [-0.2, 0) is 14.8 Å². The predicted octanol–water partition coefficient (Wildman–Crippen LogP) is 0.851. The Labute approximate surface area is 122 Å². The summed E-state index contributed by atoms with van der Waals surface area (Å²) in [6, 6.07) is 3.64. The third-order valence-corrected chi connectivity index (χ3v) is 4.98. The van der Waals surface area contributed by atoms with Gasteiger partial charge in [0.1, 0.15) is 10.6 Å². The van der Waals surface area contributed by atoms with E-state index in [4.69, 9.17) is 14.6 Å². The number of benzene rings is 1. The van der Waals surface area contributed by atoms with Gasteiger partial charge in [-0.2, -0.15) is 0 Å². The van der Waals surface area contributed by atoms with Crippen LogP contribution in [0, 0.1) is 0 Å². The Balaban J connectivity index is 2.37. The lowest BCUT2D eigenvalue weighted by molar-refractivity contribution is 0.0696. The molecule has 1 aromatic carbocycles. The molecule has 7 nitrogen and oxygen atoms in total. The van der Waals surface area contributed by atoms with E-state index in [1.807, 2.05) is 0 Å². The van der Waals surface area contributed by atoms with Crippen molar-refractivity contribution in [3.8, 4) is 5.75 Å². The second kappa shape index (κ2) is 5.63. The molecular weight excluding hydrogens is 298 g/mol. The number of aromatic carboxylic acids is 1. The number of carboxylic acid groups (broad SMARTS) is 1. The smallest absolute Gasteiger partial charge is 0.335 e. The fourth-order valence-corrected chi connectivity index (χ4v) is 3.72. The highest BCUT2D eigenvalue weighted by Crippen LogP contribution is 2.28. The molecule has 2 rings (SSSR count). The highest BCUT2D eigenvalue weighted by molar-refractivity contribution is 7.89. The Bertz CT molecular complexity index is 649. The fourth-order valence-electron chi connectivity index (χ4n) is 2.15. The van der Waals surface area contributed by atoms with E-state index in [1.54, 1.807) is 6.92 Å². The normalized spacial score (nSPS) is 22.2. The Morgan fingerprint density at radius 3 is 2.71 bits per heavy atom. The Morgan fingerprint density at radius 2 is 2.19 bits per heavy atom. The first-order chi connectivity index (χ1) is 9.77. The van der Waals surface area contributed by atoms with Gasteiger partial charge in [0.2, 0.25) is 10.0 Å². The summed E-state index contributed by atoms with van der Waals surface area (Å²) in [5.74, 6) is -1.16. The average Bonchev–Trinajstić information content (AvgIpc) is 2.83. The van der Waals surface area contributed by atoms with Crippen LogP contribution in [0.1, 0.15) is 23.7 Å². The van der Waals surface area contributed by atoms with Crippen LogP contribution in [-0.4, -0.2) is 45.4 Å². The van der Waals surface area contributed by atoms with Gasteiger partial charge in [-0.3, -0.25) is 0 Å². The van der Waals surface area contributed by atoms with Gasteiger partial charge in [-0.1, -0.05) is 0 Å². The quantitative estimate of drug-likeness (QED) is 0.835. The Morgan fingerprint density at radius 1 is 1.48 bits per heavy atom. The SMILES string of the molecule is COc1cc(C(=O)O)ccc1S(=O)(=O)NC1(C)CCOC1. The summed E-state index contributed by atoms with van der Waals surface area (Å²) in [7, 11) is -2.54. The van der Waals surface area contributed by atoms with E-state index < -0.39 is 21.5 Å². The van der Waals surface area contributed by atoms with Crippen molar-refractivity contribution >= 4 is 16.0 Å². The number of nitrogens with one attached hydrogen (secondary N) is 1. The second-order valence-corrected chi connectivity index (χ2v) is 6.79. The van der Waals surface area contributed by atoms with Gasteiger partial charge in [0.25, 0.3) is 0 Å². The number of sulfonamides is 1. The number of ether oxygens (including phenoxy) is 2. The third-order valence-electron chi connectivity index (χ3n) is 3.30. The molecule has 1 aromatic rings. The van der Waals surface area contributed by atoms with Gasteiger partial charge in [0.05, 0.1) is 24.8 Å². The molecule has 0 aromatic heterocycles. The van der Waals surface area contributed by atoms with Gasteiger partial charge >= 0.3 is 5.97 Å². The topological polar surface area (TPSA) is 102 Å². The minimum atomic E-state index is -3.84. The summed E-state index contributed by atoms with van der Waals surface area (Å²) in [5, 5.41) is 8.93. The molecule has 1 unspecified atom stereocenters. The number of carbonyl (C=O) groups is 1. The largest absolute Gasteiger partial charge is 0.495 e. The van der Waals surface area contributed by atoms with Crippen molar-refractivity contribution < 1.29 is 27.8 Å². The molecule has 0 radical (unpaired) electrons. The molecule has 0 saturated carbocycles. The van der Waals surface area contributed by atoms with Gasteiger partial charge < -0.3 is 14.6 Å². The molecule has 0 spiro atoms. The number of methoxy groups -OCH3 is 1. The van der Waals surface area contributed by atoms with E-state index in [0.717, 1.165) is 0 Å². The minimum Gasteiger partial charge on any atom is -0.495 e. The predicted molar refractivity (Wildman–Crippen MR) is 74.1 cm³/mol. The molecule has 1 heterocycles. The van der Waals surface area contributed by atoms with Crippen LogP contribution >= 0.6 is 0 Å². The summed E-state index contributed by atoms with van der Waals surface area (Å²) in [6.07, 6.45) is 0.571. The van der Waals surface area contributed by atoms with E-state index in [9.17, 15) is 13.2 Å². The van der Waals surface area contributed by atoms with Crippen LogP contribution in [0.15, 0.2) is 23.1 Å². The molecule has 1 aliphatic rings. The highest BCUT2D eigenvalue weighted by atomic mass is 32.2. The van der Waals surface area contributed by atoms with Crippen molar-refractivity contribution in [3.05, 3.63) is 23.8 Å². The molecule has 0 aliphatic carbocycles. The average molecular weight is 315 g/mol. The Hall–Kier alpha value is -1.64. The number of carboxylic acids is 1. The molecule has 0 bridgehead atoms. The van der Waals surface area contributed by atoms with Crippen molar-refractivity contribution in [2.45, 2.75) is 23.8 Å². The van der Waals surface area contributed by atoms with Crippen molar-refractivity contribution in [1.82, 2.24) is 4.72 Å². The monoisotopic (exact) mass is 315 g/mol. The molecular formula is C13H17NO6S. The zero-order valence-corrected chi connectivity index (χ0v) is 12.6. The van der Waals surface area contributed by atoms with Crippen LogP contribution in [0.25, 0.3) is 0 Å². The van der Waals surface area contributed by atoms with Crippen molar-refractivity contribution in [1.29, 1.82) is 0 Å². The molecule has 21 heavy (non-hydrogen) atoms. The summed E-state index contributed by atoms with van der Waals surface area (Å²) in [5.41, 5.74) is -0.712. The first-order valence-corrected chi connectivity index (χ1v) is 7.79. The lowest BCUT2D eigenvalue weighted by Crippen LogP contribution is -2.46. The molecule has 0 amide bonds. The first-order valence-electron chi connectivity index (χ1n) is 6.30. The standard InChI is InChI=1S/C13H17NO6S/c1-13(5-6-20-8-13)14-21(17,18)11-4-3-9(12(15)16)7-10(11)19-2/h3-4,7,14H,5-6,8H2,1-2H3,(H,15,16). The van der Waals surface area contributed by atoms with Crippen molar-refractivity contribution in [2.24, 2.45) is 0 Å². The van der Waals surface area contributed by atoms with Crippen LogP contribution in [0.4, 0.5) is 0 Å². The van der Waals surface area contributed by atoms with Gasteiger partial charge in [0.15, 0.2) is 0 Å². The third kappa shape index (κ3) is 3.34. The molecule has 116 valence electrons. The first kappa shape index (κ1) is 15.7. The lowest BCUT2D eigenvalue weighted by atomic mass is 10.0. The van der Waals surface area contributed by atoms with E-state index >= 15 is 0 Å². The van der Waals surface area contributed by atoms with E-state index in [2.05, 4.69) is 4.72 Å². The molecule has 1 saturated heterocycles. The van der Waals surface area contributed by atoms with E-state index in [-0.39, 0.29) is 16.2 Å². The summed E-state index contributed by atoms with van der Waals surface area (Å²) in [4.78, 5) is 10.8. The minimum absolute atomic E-state index is 0.00934. The summed E-state index contributed by atoms with van der Waals surface area (Å²) >= 11 is 0. The zero-order chi connectivity index (χ0) is 15.7. The fraction of sp³-hybridized carbons (Fsp3) is 0.462. The molecule has 1 aliphatic heterocycles. The molecule has 2 N–H and O–H groups in total. The number of rotatable bonds is 5. The van der Waals surface area contributed by atoms with Crippen LogP contribution < -0.4 is 9.46 Å². The molecule has 1 atom stereocenters. The van der Waals surface area contributed by atoms with E-state index in [1.165, 1.54) is 25.3 Å². The maximum atomic E-state index is 12.5. The highest BCUT2D eigenvalue weighted by Gasteiger charge is 2.35. The van der Waals surface area contributed by atoms with Gasteiger partial charge in [0, 0.05) is 6.61 Å². The van der Waals surface area contributed by atoms with Crippen molar-refractivity contribution in [3.63, 3.8) is 0 Å². The van der Waals surface area contributed by atoms with Crippen LogP contribution in [0.3, 0.4) is 0 Å². The summed E-state index contributed by atoms with van der Waals surface area (Å²) in [6.45, 7) is 2.55. The van der Waals surface area contributed by atoms with Crippen LogP contribution in [0.2, 0.25) is 0 Å². The lowest BCUT2D eigenvalue weighted by Gasteiger charge is -2.23. The van der Waals surface area contributed by atoms with Gasteiger partial charge in [-0.15, -0.1) is 0 Å². The molecule has 1 fully saturated rings. The maximum Gasteiger partial charge on any atom is 0.335 e. The summed E-state index contributed by atoms with van der Waals surface area (Å²) < 4.78 is 37.7. The number of hydrogen-bond acceptors (Lipinski definition) is 5. The Kier molecular flexibility index (Phi) is 4.22. The number of hydrogen-bond donors (Lipinski definition) is 2. The van der Waals surface area contributed by atoms with E-state index in [0.29, 0.717) is 19.6 Å². The van der Waals surface area contributed by atoms with Crippen molar-refractivity contribution in [2.75, 3.05) is 20.3 Å².